The third kappa shape index (κ3) is 5.79. The Balaban J connectivity index is 1.11. The molecule has 1 aliphatic rings. The fourth-order valence-corrected chi connectivity index (χ4v) is 9.41. The van der Waals surface area contributed by atoms with Gasteiger partial charge in [-0.2, -0.15) is 0 Å². The van der Waals surface area contributed by atoms with Crippen LogP contribution < -0.4 is 4.90 Å². The largest absolute Gasteiger partial charge is 0.456 e. The number of fused-ring (bicyclic) bond motifs is 6. The van der Waals surface area contributed by atoms with Crippen molar-refractivity contribution in [1.29, 1.82) is 0 Å². The van der Waals surface area contributed by atoms with E-state index in [1.54, 1.807) is 0 Å². The minimum absolute atomic E-state index is 0.101. The molecule has 2 heteroatoms. The third-order valence-electron chi connectivity index (χ3n) is 12.3. The lowest BCUT2D eigenvalue weighted by molar-refractivity contribution is 0.660. The zero-order valence-electron chi connectivity index (χ0n) is 33.1. The van der Waals surface area contributed by atoms with E-state index < -0.39 is 0 Å². The van der Waals surface area contributed by atoms with E-state index >= 15 is 0 Å². The second kappa shape index (κ2) is 13.9. The molecule has 0 radical (unpaired) electrons. The molecule has 0 spiro atoms. The lowest BCUT2D eigenvalue weighted by Gasteiger charge is -2.29. The first-order chi connectivity index (χ1) is 29.0. The SMILES string of the molecule is CC1(C)c2ccccc2-c2c(-c3ccccc3N(c3ccc(-c4ccc5oc6ccccc6c5c4)cc3)c3ccc(-c4ccccc4)c(-c4ccccc4)c3)cccc21. The Morgan fingerprint density at radius 3 is 1.75 bits per heavy atom. The number of rotatable bonds is 7. The van der Waals surface area contributed by atoms with Crippen LogP contribution >= 0.6 is 0 Å². The molecule has 1 aromatic heterocycles. The second-order valence-corrected chi connectivity index (χ2v) is 16.1. The minimum atomic E-state index is -0.101. The van der Waals surface area contributed by atoms with Crippen molar-refractivity contribution in [2.24, 2.45) is 0 Å². The van der Waals surface area contributed by atoms with Crippen LogP contribution in [0.4, 0.5) is 17.1 Å². The molecule has 0 bridgehead atoms. The fraction of sp³-hybridized carbons (Fsp3) is 0.0526. The molecule has 2 nitrogen and oxygen atoms in total. The van der Waals surface area contributed by atoms with Gasteiger partial charge in [-0.3, -0.25) is 0 Å². The summed E-state index contributed by atoms with van der Waals surface area (Å²) in [4.78, 5) is 2.44. The molecule has 0 fully saturated rings. The lowest BCUT2D eigenvalue weighted by atomic mass is 9.82. The number of furan rings is 1. The van der Waals surface area contributed by atoms with Gasteiger partial charge in [0, 0.05) is 33.1 Å². The summed E-state index contributed by atoms with van der Waals surface area (Å²) < 4.78 is 6.17. The average Bonchev–Trinajstić information content (AvgIpc) is 3.79. The minimum Gasteiger partial charge on any atom is -0.456 e. The monoisotopic (exact) mass is 755 g/mol. The number of benzene rings is 9. The van der Waals surface area contributed by atoms with Crippen LogP contribution in [-0.4, -0.2) is 0 Å². The van der Waals surface area contributed by atoms with Crippen LogP contribution in [0.5, 0.6) is 0 Å². The summed E-state index contributed by atoms with van der Waals surface area (Å²) in [7, 11) is 0. The maximum Gasteiger partial charge on any atom is 0.135 e. The highest BCUT2D eigenvalue weighted by atomic mass is 16.3. The summed E-state index contributed by atoms with van der Waals surface area (Å²) in [6.07, 6.45) is 0. The van der Waals surface area contributed by atoms with Crippen molar-refractivity contribution < 1.29 is 4.42 Å². The Hall–Kier alpha value is -7.42. The molecule has 10 aromatic rings. The van der Waals surface area contributed by atoms with Gasteiger partial charge in [-0.1, -0.05) is 178 Å². The molecule has 0 N–H and O–H groups in total. The summed E-state index contributed by atoms with van der Waals surface area (Å²) in [5, 5.41) is 2.26. The maximum atomic E-state index is 6.17. The zero-order chi connectivity index (χ0) is 39.5. The summed E-state index contributed by atoms with van der Waals surface area (Å²) >= 11 is 0. The third-order valence-corrected chi connectivity index (χ3v) is 12.3. The number of hydrogen-bond donors (Lipinski definition) is 0. The Morgan fingerprint density at radius 1 is 0.356 bits per heavy atom. The number of para-hydroxylation sites is 2. The lowest BCUT2D eigenvalue weighted by Crippen LogP contribution is -2.15. The quantitative estimate of drug-likeness (QED) is 0.161. The molecule has 0 aliphatic heterocycles. The highest BCUT2D eigenvalue weighted by molar-refractivity contribution is 6.06. The maximum absolute atomic E-state index is 6.17. The van der Waals surface area contributed by atoms with Crippen molar-refractivity contribution in [2.45, 2.75) is 19.3 Å². The van der Waals surface area contributed by atoms with Crippen LogP contribution in [0.25, 0.3) is 77.6 Å². The molecule has 1 aliphatic carbocycles. The van der Waals surface area contributed by atoms with E-state index in [0.717, 1.165) is 50.1 Å². The van der Waals surface area contributed by atoms with E-state index in [-0.39, 0.29) is 5.41 Å². The van der Waals surface area contributed by atoms with E-state index in [1.807, 2.05) is 12.1 Å². The van der Waals surface area contributed by atoms with Gasteiger partial charge in [0.25, 0.3) is 0 Å². The highest BCUT2D eigenvalue weighted by Crippen LogP contribution is 2.54. The molecule has 0 atom stereocenters. The summed E-state index contributed by atoms with van der Waals surface area (Å²) in [6.45, 7) is 4.71. The van der Waals surface area contributed by atoms with Crippen molar-refractivity contribution in [3.63, 3.8) is 0 Å². The standard InChI is InChI=1S/C57H41NO/c1-57(2)51-24-12-9-22-48(51)56-47(23-15-25-52(56)57)45-20-10-13-26-53(45)58(43-33-34-44(39-16-5-3-6-17-39)49(37-43)40-18-7-4-8-19-40)42-31-28-38(29-32-42)41-30-35-55-50(36-41)46-21-11-14-27-54(46)59-55/h3-37H,1-2H3. The molecular formula is C57H41NO. The van der Waals surface area contributed by atoms with Gasteiger partial charge in [-0.05, 0) is 110 Å². The van der Waals surface area contributed by atoms with Crippen molar-refractivity contribution in [3.05, 3.63) is 223 Å². The van der Waals surface area contributed by atoms with Gasteiger partial charge in [-0.15, -0.1) is 0 Å². The number of hydrogen-bond acceptors (Lipinski definition) is 2. The molecule has 0 saturated carbocycles. The van der Waals surface area contributed by atoms with E-state index in [1.165, 1.54) is 55.6 Å². The smallest absolute Gasteiger partial charge is 0.135 e. The van der Waals surface area contributed by atoms with Crippen LogP contribution in [0, 0.1) is 0 Å². The van der Waals surface area contributed by atoms with Crippen LogP contribution in [0.1, 0.15) is 25.0 Å². The second-order valence-electron chi connectivity index (χ2n) is 16.1. The van der Waals surface area contributed by atoms with Crippen LogP contribution in [0.2, 0.25) is 0 Å². The van der Waals surface area contributed by atoms with E-state index in [4.69, 9.17) is 4.42 Å². The fourth-order valence-electron chi connectivity index (χ4n) is 9.41. The Labute approximate surface area is 345 Å². The van der Waals surface area contributed by atoms with Gasteiger partial charge < -0.3 is 9.32 Å². The summed E-state index contributed by atoms with van der Waals surface area (Å²) in [6, 6.07) is 77.0. The Bertz CT molecular complexity index is 3170. The molecule has 11 rings (SSSR count). The molecule has 0 unspecified atom stereocenters. The van der Waals surface area contributed by atoms with E-state index in [9.17, 15) is 0 Å². The Kier molecular flexibility index (Phi) is 8.20. The summed E-state index contributed by atoms with van der Waals surface area (Å²) in [5.41, 5.74) is 19.9. The van der Waals surface area contributed by atoms with Crippen molar-refractivity contribution in [3.8, 4) is 55.6 Å². The molecule has 59 heavy (non-hydrogen) atoms. The molecular weight excluding hydrogens is 715 g/mol. The summed E-state index contributed by atoms with van der Waals surface area (Å²) in [5.74, 6) is 0. The number of anilines is 3. The predicted molar refractivity (Wildman–Crippen MR) is 248 cm³/mol. The molecule has 0 amide bonds. The molecule has 9 aromatic carbocycles. The van der Waals surface area contributed by atoms with Gasteiger partial charge in [0.2, 0.25) is 0 Å². The first-order valence-corrected chi connectivity index (χ1v) is 20.4. The van der Waals surface area contributed by atoms with Gasteiger partial charge in [0.05, 0.1) is 5.69 Å². The van der Waals surface area contributed by atoms with Crippen LogP contribution in [-0.2, 0) is 5.41 Å². The van der Waals surface area contributed by atoms with Gasteiger partial charge >= 0.3 is 0 Å². The topological polar surface area (TPSA) is 16.4 Å². The normalized spacial score (nSPS) is 12.7. The van der Waals surface area contributed by atoms with Gasteiger partial charge in [0.15, 0.2) is 0 Å². The average molecular weight is 756 g/mol. The van der Waals surface area contributed by atoms with Crippen molar-refractivity contribution >= 4 is 39.0 Å². The number of nitrogens with zero attached hydrogens (tertiary/aromatic N) is 1. The van der Waals surface area contributed by atoms with Crippen molar-refractivity contribution in [2.75, 3.05) is 4.90 Å². The van der Waals surface area contributed by atoms with E-state index in [2.05, 4.69) is 219 Å². The van der Waals surface area contributed by atoms with Crippen LogP contribution in [0.15, 0.2) is 217 Å². The first-order valence-electron chi connectivity index (χ1n) is 20.4. The molecule has 0 saturated heterocycles. The highest BCUT2D eigenvalue weighted by Gasteiger charge is 2.37. The van der Waals surface area contributed by atoms with Crippen LogP contribution in [0.3, 0.4) is 0 Å². The van der Waals surface area contributed by atoms with Gasteiger partial charge in [0.1, 0.15) is 11.2 Å². The van der Waals surface area contributed by atoms with Crippen molar-refractivity contribution in [1.82, 2.24) is 0 Å². The zero-order valence-corrected chi connectivity index (χ0v) is 33.1. The Morgan fingerprint density at radius 2 is 0.949 bits per heavy atom. The van der Waals surface area contributed by atoms with Gasteiger partial charge in [-0.25, -0.2) is 0 Å². The molecule has 280 valence electrons. The van der Waals surface area contributed by atoms with E-state index in [0.29, 0.717) is 0 Å². The molecule has 1 heterocycles. The predicted octanol–water partition coefficient (Wildman–Crippen LogP) is 16.0. The first kappa shape index (κ1) is 34.8.